The van der Waals surface area contributed by atoms with E-state index in [1.165, 1.54) is 0 Å². The largest absolute Gasteiger partial charge is 0.496 e. The fourth-order valence-electron chi connectivity index (χ4n) is 2.81. The normalized spacial score (nSPS) is 10.5. The number of amides is 1. The Bertz CT molecular complexity index is 906. The van der Waals surface area contributed by atoms with E-state index in [-0.39, 0.29) is 5.91 Å². The Kier molecular flexibility index (Phi) is 7.03. The molecule has 1 aromatic heterocycles. The van der Waals surface area contributed by atoms with Crippen LogP contribution in [0.15, 0.2) is 53.9 Å². The number of thiazole rings is 1. The lowest BCUT2D eigenvalue weighted by atomic mass is 10.1. The summed E-state index contributed by atoms with van der Waals surface area (Å²) in [6.45, 7) is 3.14. The molecule has 0 atom stereocenters. The zero-order valence-electron chi connectivity index (χ0n) is 16.1. The molecule has 1 N–H and O–H groups in total. The number of benzene rings is 2. The molecular formula is C22H24N2O3S. The van der Waals surface area contributed by atoms with Gasteiger partial charge in [0, 0.05) is 18.3 Å². The van der Waals surface area contributed by atoms with E-state index in [9.17, 15) is 4.79 Å². The molecule has 0 aliphatic rings. The van der Waals surface area contributed by atoms with Gasteiger partial charge in [-0.15, -0.1) is 11.3 Å². The summed E-state index contributed by atoms with van der Waals surface area (Å²) in [7, 11) is 1.66. The van der Waals surface area contributed by atoms with Gasteiger partial charge in [-0.3, -0.25) is 4.79 Å². The lowest BCUT2D eigenvalue weighted by Crippen LogP contribution is -2.27. The standard InChI is InChI=1S/C22H24N2O3S/c1-3-27-18-10-8-16(9-11-18)14-21(25)23-13-12-17-15-28-22(24-17)19-6-4-5-7-20(19)26-2/h4-11,15H,3,12-14H2,1-2H3,(H,23,25). The molecule has 0 bridgehead atoms. The second-order valence-corrected chi connectivity index (χ2v) is 7.06. The third kappa shape index (κ3) is 5.33. The number of ether oxygens (including phenoxy) is 2. The predicted octanol–water partition coefficient (Wildman–Crippen LogP) is 4.12. The number of carbonyl (C=O) groups is 1. The van der Waals surface area contributed by atoms with Crippen LogP contribution in [0, 0.1) is 0 Å². The molecule has 0 aliphatic carbocycles. The maximum atomic E-state index is 12.1. The molecule has 1 amide bonds. The Morgan fingerprint density at radius 1 is 1.14 bits per heavy atom. The Hall–Kier alpha value is -2.86. The highest BCUT2D eigenvalue weighted by atomic mass is 32.1. The van der Waals surface area contributed by atoms with Crippen LogP contribution < -0.4 is 14.8 Å². The molecule has 0 unspecified atom stereocenters. The molecule has 146 valence electrons. The zero-order valence-corrected chi connectivity index (χ0v) is 16.9. The Morgan fingerprint density at radius 2 is 1.93 bits per heavy atom. The van der Waals surface area contributed by atoms with Gasteiger partial charge in [0.2, 0.25) is 5.91 Å². The first-order valence-electron chi connectivity index (χ1n) is 9.26. The first-order chi connectivity index (χ1) is 13.7. The Morgan fingerprint density at radius 3 is 2.68 bits per heavy atom. The highest BCUT2D eigenvalue weighted by molar-refractivity contribution is 7.13. The molecule has 0 spiro atoms. The van der Waals surface area contributed by atoms with E-state index in [2.05, 4.69) is 10.3 Å². The van der Waals surface area contributed by atoms with Gasteiger partial charge in [-0.25, -0.2) is 4.98 Å². The quantitative estimate of drug-likeness (QED) is 0.591. The SMILES string of the molecule is CCOc1ccc(CC(=O)NCCc2csc(-c3ccccc3OC)n2)cc1. The number of para-hydroxylation sites is 1. The summed E-state index contributed by atoms with van der Waals surface area (Å²) < 4.78 is 10.8. The number of carbonyl (C=O) groups excluding carboxylic acids is 1. The van der Waals surface area contributed by atoms with Gasteiger partial charge in [0.05, 0.1) is 31.4 Å². The van der Waals surface area contributed by atoms with E-state index >= 15 is 0 Å². The minimum absolute atomic E-state index is 0.00402. The molecule has 0 saturated carbocycles. The molecule has 6 heteroatoms. The summed E-state index contributed by atoms with van der Waals surface area (Å²) in [4.78, 5) is 16.8. The molecule has 3 rings (SSSR count). The Labute approximate surface area is 169 Å². The molecule has 0 radical (unpaired) electrons. The molecule has 5 nitrogen and oxygen atoms in total. The van der Waals surface area contributed by atoms with Crippen LogP contribution in [0.4, 0.5) is 0 Å². The first-order valence-corrected chi connectivity index (χ1v) is 10.1. The van der Waals surface area contributed by atoms with Crippen molar-refractivity contribution in [3.63, 3.8) is 0 Å². The first kappa shape index (κ1) is 19.9. The van der Waals surface area contributed by atoms with E-state index in [4.69, 9.17) is 9.47 Å². The van der Waals surface area contributed by atoms with Crippen LogP contribution in [0.5, 0.6) is 11.5 Å². The van der Waals surface area contributed by atoms with Gasteiger partial charge in [-0.05, 0) is 36.8 Å². The lowest BCUT2D eigenvalue weighted by Gasteiger charge is -2.06. The number of nitrogens with one attached hydrogen (secondary N) is 1. The molecule has 1 heterocycles. The van der Waals surface area contributed by atoms with Gasteiger partial charge >= 0.3 is 0 Å². The number of methoxy groups -OCH3 is 1. The third-order valence-corrected chi connectivity index (χ3v) is 5.12. The zero-order chi connectivity index (χ0) is 19.8. The molecular weight excluding hydrogens is 372 g/mol. The molecule has 0 saturated heterocycles. The van der Waals surface area contributed by atoms with Crippen molar-refractivity contribution < 1.29 is 14.3 Å². The lowest BCUT2D eigenvalue weighted by molar-refractivity contribution is -0.120. The van der Waals surface area contributed by atoms with Crippen LogP contribution in [-0.2, 0) is 17.6 Å². The van der Waals surface area contributed by atoms with E-state index in [0.717, 1.165) is 33.3 Å². The maximum Gasteiger partial charge on any atom is 0.224 e. The molecule has 28 heavy (non-hydrogen) atoms. The molecule has 2 aromatic carbocycles. The number of hydrogen-bond acceptors (Lipinski definition) is 5. The van der Waals surface area contributed by atoms with Crippen molar-refractivity contribution in [3.05, 3.63) is 65.2 Å². The highest BCUT2D eigenvalue weighted by Gasteiger charge is 2.10. The minimum atomic E-state index is 0.00402. The van der Waals surface area contributed by atoms with E-state index in [0.29, 0.717) is 26.0 Å². The number of nitrogens with zero attached hydrogens (tertiary/aromatic N) is 1. The molecule has 3 aromatic rings. The van der Waals surface area contributed by atoms with Crippen molar-refractivity contribution in [2.45, 2.75) is 19.8 Å². The van der Waals surface area contributed by atoms with Crippen LogP contribution in [0.3, 0.4) is 0 Å². The fraction of sp³-hybridized carbons (Fsp3) is 0.273. The van der Waals surface area contributed by atoms with Gasteiger partial charge in [-0.1, -0.05) is 24.3 Å². The molecule has 0 fully saturated rings. The average Bonchev–Trinajstić information content (AvgIpc) is 3.18. The van der Waals surface area contributed by atoms with E-state index < -0.39 is 0 Å². The smallest absolute Gasteiger partial charge is 0.224 e. The summed E-state index contributed by atoms with van der Waals surface area (Å²) in [5.74, 6) is 1.64. The van der Waals surface area contributed by atoms with E-state index in [1.807, 2.05) is 60.8 Å². The van der Waals surface area contributed by atoms with Crippen molar-refractivity contribution in [1.29, 1.82) is 0 Å². The van der Waals surface area contributed by atoms with Gasteiger partial charge in [0.1, 0.15) is 16.5 Å². The maximum absolute atomic E-state index is 12.1. The van der Waals surface area contributed by atoms with Gasteiger partial charge in [0.15, 0.2) is 0 Å². The van der Waals surface area contributed by atoms with Crippen molar-refractivity contribution >= 4 is 17.2 Å². The second kappa shape index (κ2) is 9.90. The van der Waals surface area contributed by atoms with Crippen LogP contribution in [0.25, 0.3) is 10.6 Å². The summed E-state index contributed by atoms with van der Waals surface area (Å²) in [6, 6.07) is 15.5. The van der Waals surface area contributed by atoms with Gasteiger partial charge in [-0.2, -0.15) is 0 Å². The van der Waals surface area contributed by atoms with Crippen LogP contribution >= 0.6 is 11.3 Å². The van der Waals surface area contributed by atoms with Crippen molar-refractivity contribution in [2.24, 2.45) is 0 Å². The van der Waals surface area contributed by atoms with Crippen LogP contribution in [0.2, 0.25) is 0 Å². The topological polar surface area (TPSA) is 60.5 Å². The number of aromatic nitrogens is 1. The van der Waals surface area contributed by atoms with Crippen molar-refractivity contribution in [2.75, 3.05) is 20.3 Å². The summed E-state index contributed by atoms with van der Waals surface area (Å²) in [6.07, 6.45) is 1.05. The van der Waals surface area contributed by atoms with Crippen molar-refractivity contribution in [1.82, 2.24) is 10.3 Å². The van der Waals surface area contributed by atoms with Crippen LogP contribution in [0.1, 0.15) is 18.2 Å². The average molecular weight is 397 g/mol. The van der Waals surface area contributed by atoms with Gasteiger partial charge in [0.25, 0.3) is 0 Å². The monoisotopic (exact) mass is 396 g/mol. The third-order valence-electron chi connectivity index (χ3n) is 4.19. The Balaban J connectivity index is 1.48. The number of hydrogen-bond donors (Lipinski definition) is 1. The summed E-state index contributed by atoms with van der Waals surface area (Å²) >= 11 is 1.58. The van der Waals surface area contributed by atoms with E-state index in [1.54, 1.807) is 18.4 Å². The van der Waals surface area contributed by atoms with Crippen LogP contribution in [-0.4, -0.2) is 31.2 Å². The minimum Gasteiger partial charge on any atom is -0.496 e. The molecule has 0 aliphatic heterocycles. The second-order valence-electron chi connectivity index (χ2n) is 6.20. The predicted molar refractivity (Wildman–Crippen MR) is 112 cm³/mol. The number of rotatable bonds is 9. The fourth-order valence-corrected chi connectivity index (χ4v) is 3.70. The highest BCUT2D eigenvalue weighted by Crippen LogP contribution is 2.31. The summed E-state index contributed by atoms with van der Waals surface area (Å²) in [5.41, 5.74) is 2.92. The van der Waals surface area contributed by atoms with Gasteiger partial charge < -0.3 is 14.8 Å². The van der Waals surface area contributed by atoms with Crippen molar-refractivity contribution in [3.8, 4) is 22.1 Å². The summed E-state index contributed by atoms with van der Waals surface area (Å²) in [5, 5.41) is 5.91.